The molecule has 0 saturated carbocycles. The summed E-state index contributed by atoms with van der Waals surface area (Å²) in [6, 6.07) is 10.4. The molecular weight excluding hydrogens is 294 g/mol. The number of nitrogens with one attached hydrogen (secondary N) is 1. The first kappa shape index (κ1) is 16.3. The lowest BCUT2D eigenvalue weighted by atomic mass is 10.2. The minimum atomic E-state index is 0.677. The fourth-order valence-corrected chi connectivity index (χ4v) is 2.83. The molecule has 0 aliphatic carbocycles. The van der Waals surface area contributed by atoms with Crippen molar-refractivity contribution in [3.63, 3.8) is 0 Å². The third-order valence-corrected chi connectivity index (χ3v) is 4.24. The molecule has 22 heavy (non-hydrogen) atoms. The predicted octanol–water partition coefficient (Wildman–Crippen LogP) is 2.42. The van der Waals surface area contributed by atoms with Gasteiger partial charge in [-0.2, -0.15) is 0 Å². The average molecular weight is 317 g/mol. The zero-order valence-electron chi connectivity index (χ0n) is 13.6. The van der Waals surface area contributed by atoms with E-state index in [1.807, 2.05) is 32.1 Å². The summed E-state index contributed by atoms with van der Waals surface area (Å²) in [7, 11) is 7.84. The maximum atomic E-state index is 4.57. The number of benzene rings is 1. The molecule has 5 nitrogen and oxygen atoms in total. The zero-order chi connectivity index (χ0) is 15.9. The van der Waals surface area contributed by atoms with Crippen LogP contribution in [0.25, 0.3) is 0 Å². The van der Waals surface area contributed by atoms with Crippen molar-refractivity contribution >= 4 is 22.4 Å². The molecule has 0 saturated heterocycles. The topological polar surface area (TPSA) is 43.8 Å². The minimum Gasteiger partial charge on any atom is -0.354 e. The standard InChI is InChI=1S/C16H23N5S/c1-17-15(21(4)11-13-8-6-5-7-9-13)18-10-14-12-22-16(19-14)20(2)3/h5-9,12H,10-11H2,1-4H3,(H,17,18). The van der Waals surface area contributed by atoms with Crippen molar-refractivity contribution in [3.05, 3.63) is 47.0 Å². The fourth-order valence-electron chi connectivity index (χ4n) is 2.07. The number of hydrogen-bond donors (Lipinski definition) is 1. The molecule has 6 heteroatoms. The monoisotopic (exact) mass is 317 g/mol. The molecular formula is C16H23N5S. The molecule has 1 N–H and O–H groups in total. The van der Waals surface area contributed by atoms with E-state index in [1.54, 1.807) is 18.4 Å². The van der Waals surface area contributed by atoms with Crippen LogP contribution in [0.1, 0.15) is 11.3 Å². The summed E-state index contributed by atoms with van der Waals surface area (Å²) in [6.45, 7) is 1.50. The van der Waals surface area contributed by atoms with Crippen LogP contribution >= 0.6 is 11.3 Å². The highest BCUT2D eigenvalue weighted by molar-refractivity contribution is 7.13. The molecule has 2 rings (SSSR count). The number of nitrogens with zero attached hydrogens (tertiary/aromatic N) is 4. The maximum absolute atomic E-state index is 4.57. The number of aliphatic imine (C=N–C) groups is 1. The lowest BCUT2D eigenvalue weighted by Gasteiger charge is -2.21. The van der Waals surface area contributed by atoms with E-state index < -0.39 is 0 Å². The van der Waals surface area contributed by atoms with Crippen molar-refractivity contribution in [1.29, 1.82) is 0 Å². The van der Waals surface area contributed by atoms with E-state index in [0.29, 0.717) is 6.54 Å². The van der Waals surface area contributed by atoms with Crippen molar-refractivity contribution in [1.82, 2.24) is 15.2 Å². The summed E-state index contributed by atoms with van der Waals surface area (Å²) in [6.07, 6.45) is 0. The van der Waals surface area contributed by atoms with Gasteiger partial charge in [-0.1, -0.05) is 30.3 Å². The van der Waals surface area contributed by atoms with E-state index in [9.17, 15) is 0 Å². The van der Waals surface area contributed by atoms with Crippen molar-refractivity contribution < 1.29 is 0 Å². The summed E-state index contributed by atoms with van der Waals surface area (Å²) in [5.41, 5.74) is 2.29. The molecule has 0 radical (unpaired) electrons. The van der Waals surface area contributed by atoms with E-state index in [-0.39, 0.29) is 0 Å². The number of guanidine groups is 1. The number of rotatable bonds is 5. The van der Waals surface area contributed by atoms with Gasteiger partial charge in [0.05, 0.1) is 12.2 Å². The largest absolute Gasteiger partial charge is 0.354 e. The molecule has 0 amide bonds. The van der Waals surface area contributed by atoms with Crippen LogP contribution in [-0.2, 0) is 13.1 Å². The van der Waals surface area contributed by atoms with Crippen LogP contribution in [0.15, 0.2) is 40.7 Å². The Morgan fingerprint density at radius 3 is 2.55 bits per heavy atom. The third kappa shape index (κ3) is 4.46. The van der Waals surface area contributed by atoms with Gasteiger partial charge < -0.3 is 15.1 Å². The van der Waals surface area contributed by atoms with Gasteiger partial charge in [-0.3, -0.25) is 4.99 Å². The zero-order valence-corrected chi connectivity index (χ0v) is 14.4. The first-order valence-electron chi connectivity index (χ1n) is 7.17. The Bertz CT molecular complexity index is 606. The Morgan fingerprint density at radius 1 is 1.23 bits per heavy atom. The van der Waals surface area contributed by atoms with Gasteiger partial charge in [-0.15, -0.1) is 11.3 Å². The lowest BCUT2D eigenvalue weighted by Crippen LogP contribution is -2.38. The molecule has 0 unspecified atom stereocenters. The maximum Gasteiger partial charge on any atom is 0.194 e. The quantitative estimate of drug-likeness (QED) is 0.679. The smallest absolute Gasteiger partial charge is 0.194 e. The molecule has 1 heterocycles. The molecule has 1 aromatic heterocycles. The van der Waals surface area contributed by atoms with Crippen molar-refractivity contribution in [3.8, 4) is 0 Å². The Labute approximate surface area is 136 Å². The summed E-state index contributed by atoms with van der Waals surface area (Å²) < 4.78 is 0. The molecule has 0 fully saturated rings. The van der Waals surface area contributed by atoms with Crippen molar-refractivity contribution in [2.75, 3.05) is 33.1 Å². The summed E-state index contributed by atoms with van der Waals surface area (Å²) in [5, 5.41) is 6.45. The summed E-state index contributed by atoms with van der Waals surface area (Å²) in [4.78, 5) is 13.0. The van der Waals surface area contributed by atoms with Crippen molar-refractivity contribution in [2.45, 2.75) is 13.1 Å². The number of thiazole rings is 1. The molecule has 1 aromatic carbocycles. The Morgan fingerprint density at radius 2 is 1.95 bits per heavy atom. The molecule has 0 bridgehead atoms. The Hall–Kier alpha value is -2.08. The highest BCUT2D eigenvalue weighted by Gasteiger charge is 2.08. The Kier molecular flexibility index (Phi) is 5.77. The van der Waals surface area contributed by atoms with Gasteiger partial charge in [-0.25, -0.2) is 4.98 Å². The van der Waals surface area contributed by atoms with Crippen LogP contribution in [0, 0.1) is 0 Å². The van der Waals surface area contributed by atoms with Gasteiger partial charge in [0.1, 0.15) is 0 Å². The molecule has 0 spiro atoms. The van der Waals surface area contributed by atoms with E-state index in [1.165, 1.54) is 5.56 Å². The van der Waals surface area contributed by atoms with Crippen LogP contribution in [-0.4, -0.2) is 44.0 Å². The van der Waals surface area contributed by atoms with Gasteiger partial charge in [0.15, 0.2) is 11.1 Å². The van der Waals surface area contributed by atoms with Gasteiger partial charge in [0.2, 0.25) is 0 Å². The first-order chi connectivity index (χ1) is 10.6. The highest BCUT2D eigenvalue weighted by Crippen LogP contribution is 2.17. The molecule has 0 atom stereocenters. The number of hydrogen-bond acceptors (Lipinski definition) is 4. The van der Waals surface area contributed by atoms with Crippen LogP contribution in [0.5, 0.6) is 0 Å². The van der Waals surface area contributed by atoms with Crippen LogP contribution in [0.4, 0.5) is 5.13 Å². The Balaban J connectivity index is 1.91. The van der Waals surface area contributed by atoms with Gasteiger partial charge in [0.25, 0.3) is 0 Å². The average Bonchev–Trinajstić information content (AvgIpc) is 2.98. The fraction of sp³-hybridized carbons (Fsp3) is 0.375. The predicted molar refractivity (Wildman–Crippen MR) is 94.5 cm³/mol. The molecule has 118 valence electrons. The SMILES string of the molecule is CN=C(NCc1csc(N(C)C)n1)N(C)Cc1ccccc1. The minimum absolute atomic E-state index is 0.677. The lowest BCUT2D eigenvalue weighted by molar-refractivity contribution is 0.476. The molecule has 0 aliphatic heterocycles. The van der Waals surface area contributed by atoms with Crippen molar-refractivity contribution in [2.24, 2.45) is 4.99 Å². The van der Waals surface area contributed by atoms with E-state index in [4.69, 9.17) is 0 Å². The second kappa shape index (κ2) is 7.79. The second-order valence-electron chi connectivity index (χ2n) is 5.26. The van der Waals surface area contributed by atoms with Gasteiger partial charge >= 0.3 is 0 Å². The normalized spacial score (nSPS) is 11.4. The van der Waals surface area contributed by atoms with Crippen LogP contribution < -0.4 is 10.2 Å². The second-order valence-corrected chi connectivity index (χ2v) is 6.09. The van der Waals surface area contributed by atoms with E-state index in [2.05, 4.69) is 49.8 Å². The molecule has 2 aromatic rings. The van der Waals surface area contributed by atoms with Gasteiger partial charge in [-0.05, 0) is 5.56 Å². The van der Waals surface area contributed by atoms with Crippen LogP contribution in [0.3, 0.4) is 0 Å². The summed E-state index contributed by atoms with van der Waals surface area (Å²) >= 11 is 1.65. The highest BCUT2D eigenvalue weighted by atomic mass is 32.1. The van der Waals surface area contributed by atoms with Gasteiger partial charge in [0, 0.05) is 40.1 Å². The number of aromatic nitrogens is 1. The molecule has 0 aliphatic rings. The number of anilines is 1. The third-order valence-electron chi connectivity index (χ3n) is 3.19. The first-order valence-corrected chi connectivity index (χ1v) is 8.05. The summed E-state index contributed by atoms with van der Waals surface area (Å²) in [5.74, 6) is 0.864. The van der Waals surface area contributed by atoms with E-state index >= 15 is 0 Å². The van der Waals surface area contributed by atoms with Crippen LogP contribution in [0.2, 0.25) is 0 Å². The van der Waals surface area contributed by atoms with E-state index in [0.717, 1.165) is 23.3 Å².